The van der Waals surface area contributed by atoms with E-state index in [2.05, 4.69) is 17.3 Å². The van der Waals surface area contributed by atoms with Gasteiger partial charge in [-0.25, -0.2) is 4.39 Å². The zero-order valence-corrected chi connectivity index (χ0v) is 19.2. The number of carbonyl (C=O) groups excluding carboxylic acids is 1. The van der Waals surface area contributed by atoms with Crippen LogP contribution in [0.25, 0.3) is 0 Å². The van der Waals surface area contributed by atoms with Crippen molar-refractivity contribution in [3.63, 3.8) is 0 Å². The van der Waals surface area contributed by atoms with Crippen LogP contribution in [0.5, 0.6) is 0 Å². The Morgan fingerprint density at radius 3 is 2.59 bits per heavy atom. The van der Waals surface area contributed by atoms with Crippen LogP contribution in [0.2, 0.25) is 0 Å². The van der Waals surface area contributed by atoms with Gasteiger partial charge in [0.2, 0.25) is 0 Å². The zero-order chi connectivity index (χ0) is 22.8. The van der Waals surface area contributed by atoms with Crippen LogP contribution in [0.3, 0.4) is 0 Å². The summed E-state index contributed by atoms with van der Waals surface area (Å²) in [5.41, 5.74) is 5.47. The number of benzene rings is 1. The first-order chi connectivity index (χ1) is 15.3. The molecule has 0 radical (unpaired) electrons. The van der Waals surface area contributed by atoms with Crippen LogP contribution in [0.4, 0.5) is 4.39 Å². The second-order valence-corrected chi connectivity index (χ2v) is 9.07. The number of hydrogen-bond donors (Lipinski definition) is 0. The van der Waals surface area contributed by atoms with Crippen molar-refractivity contribution in [3.8, 4) is 0 Å². The quantitative estimate of drug-likeness (QED) is 0.526. The molecule has 1 fully saturated rings. The Labute approximate surface area is 188 Å². The van der Waals surface area contributed by atoms with Crippen molar-refractivity contribution < 1.29 is 13.7 Å². The van der Waals surface area contributed by atoms with E-state index < -0.39 is 0 Å². The normalized spacial score (nSPS) is 14.9. The summed E-state index contributed by atoms with van der Waals surface area (Å²) in [6.07, 6.45) is 2.40. The average molecular weight is 436 g/mol. The molecule has 6 heteroatoms. The van der Waals surface area contributed by atoms with Crippen molar-refractivity contribution in [1.29, 1.82) is 0 Å². The van der Waals surface area contributed by atoms with Crippen LogP contribution in [0.1, 0.15) is 82.9 Å². The molecule has 2 aromatic heterocycles. The molecular weight excluding hydrogens is 405 g/mol. The molecule has 1 saturated heterocycles. The third kappa shape index (κ3) is 4.74. The number of rotatable bonds is 5. The molecule has 32 heavy (non-hydrogen) atoms. The molecule has 0 atom stereocenters. The Kier molecular flexibility index (Phi) is 6.40. The summed E-state index contributed by atoms with van der Waals surface area (Å²) in [6.45, 7) is 9.20. The van der Waals surface area contributed by atoms with E-state index in [4.69, 9.17) is 9.51 Å². The summed E-state index contributed by atoms with van der Waals surface area (Å²) in [5.74, 6) is 0.822. The number of piperidine rings is 1. The predicted molar refractivity (Wildman–Crippen MR) is 121 cm³/mol. The number of likely N-dealkylation sites (tertiary alicyclic amines) is 1. The fraction of sp³-hybridized carbons (Fsp3) is 0.423. The minimum Gasteiger partial charge on any atom is -0.361 e. The van der Waals surface area contributed by atoms with Gasteiger partial charge < -0.3 is 9.42 Å². The SMILES string of the molecule is Cc1cc(Cc2cccc(F)c2)cc(C2CCN(C(=O)c3c(C(C)C)noc3C)CC2)n1. The molecule has 3 aromatic rings. The van der Waals surface area contributed by atoms with Gasteiger partial charge in [-0.15, -0.1) is 0 Å². The summed E-state index contributed by atoms with van der Waals surface area (Å²) < 4.78 is 18.9. The Bertz CT molecular complexity index is 1110. The van der Waals surface area contributed by atoms with Gasteiger partial charge in [0.25, 0.3) is 5.91 Å². The number of amides is 1. The molecule has 0 saturated carbocycles. The smallest absolute Gasteiger partial charge is 0.259 e. The average Bonchev–Trinajstić information content (AvgIpc) is 3.14. The van der Waals surface area contributed by atoms with E-state index in [-0.39, 0.29) is 17.6 Å². The Hall–Kier alpha value is -3.02. The number of pyridine rings is 1. The fourth-order valence-electron chi connectivity index (χ4n) is 4.54. The highest BCUT2D eigenvalue weighted by molar-refractivity contribution is 5.96. The number of aryl methyl sites for hydroxylation is 2. The van der Waals surface area contributed by atoms with Gasteiger partial charge in [0, 0.05) is 30.4 Å². The highest BCUT2D eigenvalue weighted by atomic mass is 19.1. The number of nitrogens with zero attached hydrogens (tertiary/aromatic N) is 3. The highest BCUT2D eigenvalue weighted by Gasteiger charge is 2.30. The summed E-state index contributed by atoms with van der Waals surface area (Å²) in [5, 5.41) is 4.10. The molecule has 0 bridgehead atoms. The summed E-state index contributed by atoms with van der Waals surface area (Å²) in [4.78, 5) is 19.9. The van der Waals surface area contributed by atoms with Crippen molar-refractivity contribution in [2.45, 2.75) is 58.8 Å². The molecule has 0 N–H and O–H groups in total. The van der Waals surface area contributed by atoms with Crippen LogP contribution in [-0.2, 0) is 6.42 Å². The molecule has 0 aliphatic carbocycles. The molecule has 1 aliphatic rings. The van der Waals surface area contributed by atoms with Gasteiger partial charge in [0.05, 0.1) is 5.69 Å². The minimum atomic E-state index is -0.214. The topological polar surface area (TPSA) is 59.2 Å². The number of hydrogen-bond acceptors (Lipinski definition) is 4. The second kappa shape index (κ2) is 9.23. The fourth-order valence-corrected chi connectivity index (χ4v) is 4.54. The van der Waals surface area contributed by atoms with Crippen molar-refractivity contribution in [1.82, 2.24) is 15.0 Å². The highest BCUT2D eigenvalue weighted by Crippen LogP contribution is 2.30. The number of halogens is 1. The molecule has 3 heterocycles. The van der Waals surface area contributed by atoms with Gasteiger partial charge in [-0.3, -0.25) is 9.78 Å². The van der Waals surface area contributed by atoms with Crippen molar-refractivity contribution in [3.05, 3.63) is 81.7 Å². The van der Waals surface area contributed by atoms with Gasteiger partial charge in [-0.05, 0) is 74.4 Å². The first kappa shape index (κ1) is 22.2. The van der Waals surface area contributed by atoms with Crippen LogP contribution in [0.15, 0.2) is 40.9 Å². The molecule has 1 amide bonds. The third-order valence-corrected chi connectivity index (χ3v) is 6.18. The van der Waals surface area contributed by atoms with Crippen LogP contribution >= 0.6 is 0 Å². The second-order valence-electron chi connectivity index (χ2n) is 9.07. The predicted octanol–water partition coefficient (Wildman–Crippen LogP) is 5.56. The maximum Gasteiger partial charge on any atom is 0.259 e. The maximum atomic E-state index is 13.6. The van der Waals surface area contributed by atoms with Gasteiger partial charge >= 0.3 is 0 Å². The maximum absolute atomic E-state index is 13.6. The Morgan fingerprint density at radius 2 is 1.91 bits per heavy atom. The summed E-state index contributed by atoms with van der Waals surface area (Å²) >= 11 is 0. The molecule has 0 spiro atoms. The third-order valence-electron chi connectivity index (χ3n) is 6.18. The molecule has 4 rings (SSSR count). The van der Waals surface area contributed by atoms with Gasteiger partial charge in [0.1, 0.15) is 17.1 Å². The Balaban J connectivity index is 1.46. The lowest BCUT2D eigenvalue weighted by Gasteiger charge is -2.32. The van der Waals surface area contributed by atoms with Crippen LogP contribution in [-0.4, -0.2) is 34.0 Å². The molecule has 168 valence electrons. The largest absolute Gasteiger partial charge is 0.361 e. The lowest BCUT2D eigenvalue weighted by Crippen LogP contribution is -2.38. The van der Waals surface area contributed by atoms with Crippen LogP contribution in [0, 0.1) is 19.7 Å². The first-order valence-corrected chi connectivity index (χ1v) is 11.3. The number of aromatic nitrogens is 2. The molecule has 1 aliphatic heterocycles. The van der Waals surface area contributed by atoms with Gasteiger partial charge in [-0.1, -0.05) is 31.1 Å². The first-order valence-electron chi connectivity index (χ1n) is 11.3. The van der Waals surface area contributed by atoms with E-state index in [9.17, 15) is 9.18 Å². The zero-order valence-electron chi connectivity index (χ0n) is 19.2. The van der Waals surface area contributed by atoms with Crippen molar-refractivity contribution in [2.24, 2.45) is 0 Å². The van der Waals surface area contributed by atoms with Crippen LogP contribution < -0.4 is 0 Å². The van der Waals surface area contributed by atoms with E-state index in [0.717, 1.165) is 41.1 Å². The van der Waals surface area contributed by atoms with Gasteiger partial charge in [-0.2, -0.15) is 0 Å². The van der Waals surface area contributed by atoms with E-state index in [1.54, 1.807) is 19.1 Å². The van der Waals surface area contributed by atoms with E-state index in [1.165, 1.54) is 6.07 Å². The van der Waals surface area contributed by atoms with E-state index in [1.807, 2.05) is 31.7 Å². The van der Waals surface area contributed by atoms with E-state index >= 15 is 0 Å². The standard InChI is InChI=1S/C26H30FN3O2/c1-16(2)25-24(18(4)32-29-25)26(31)30-10-8-21(9-11-30)23-15-20(12-17(3)28-23)13-19-6-5-7-22(27)14-19/h5-7,12,14-16,21H,8-11,13H2,1-4H3. The molecule has 1 aromatic carbocycles. The summed E-state index contributed by atoms with van der Waals surface area (Å²) in [6, 6.07) is 10.9. The molecule has 5 nitrogen and oxygen atoms in total. The molecular formula is C26H30FN3O2. The monoisotopic (exact) mass is 435 g/mol. The lowest BCUT2D eigenvalue weighted by atomic mass is 9.90. The number of carbonyl (C=O) groups is 1. The Morgan fingerprint density at radius 1 is 1.16 bits per heavy atom. The minimum absolute atomic E-state index is 0.00916. The van der Waals surface area contributed by atoms with E-state index in [0.29, 0.717) is 36.8 Å². The summed E-state index contributed by atoms with van der Waals surface area (Å²) in [7, 11) is 0. The molecule has 0 unspecified atom stereocenters. The van der Waals surface area contributed by atoms with Gasteiger partial charge in [0.15, 0.2) is 0 Å². The van der Waals surface area contributed by atoms with Crippen molar-refractivity contribution >= 4 is 5.91 Å². The van der Waals surface area contributed by atoms with Crippen molar-refractivity contribution in [2.75, 3.05) is 13.1 Å². The lowest BCUT2D eigenvalue weighted by molar-refractivity contribution is 0.0709.